The van der Waals surface area contributed by atoms with Crippen LogP contribution in [0.5, 0.6) is 0 Å². The molecule has 1 unspecified atom stereocenters. The van der Waals surface area contributed by atoms with E-state index in [9.17, 15) is 8.42 Å². The maximum atomic E-state index is 12.1. The molecule has 1 aliphatic rings. The third-order valence-corrected chi connectivity index (χ3v) is 5.37. The lowest BCUT2D eigenvalue weighted by molar-refractivity contribution is 0.491. The van der Waals surface area contributed by atoms with Gasteiger partial charge in [-0.2, -0.15) is 0 Å². The summed E-state index contributed by atoms with van der Waals surface area (Å²) in [5, 5.41) is -0.00947. The van der Waals surface area contributed by atoms with Gasteiger partial charge in [-0.15, -0.1) is 0 Å². The third-order valence-electron chi connectivity index (χ3n) is 3.09. The van der Waals surface area contributed by atoms with Crippen molar-refractivity contribution in [1.82, 2.24) is 9.71 Å². The summed E-state index contributed by atoms with van der Waals surface area (Å²) in [6.45, 7) is 2.50. The number of aromatic nitrogens is 1. The first-order valence-corrected chi connectivity index (χ1v) is 8.36. The smallest absolute Gasteiger partial charge is 0.242 e. The van der Waals surface area contributed by atoms with Crippen LogP contribution in [0.15, 0.2) is 21.6 Å². The van der Waals surface area contributed by atoms with Crippen molar-refractivity contribution in [3.05, 3.63) is 21.9 Å². The molecule has 100 valence electrons. The minimum Gasteiger partial charge on any atom is -0.242 e. The number of rotatable bonds is 5. The Hall–Kier alpha value is -0.170. The SMILES string of the molecule is CC(CNS(=O)(=O)c1cc(Br)cnc1Cl)C1CC1. The van der Waals surface area contributed by atoms with Crippen LogP contribution in [-0.2, 0) is 10.0 Å². The number of nitrogens with zero attached hydrogens (tertiary/aromatic N) is 1. The standard InChI is InChI=1S/C11H14BrClN2O2S/c1-7(8-2-3-8)5-15-18(16,17)10-4-9(12)6-14-11(10)13/h4,6-8,15H,2-3,5H2,1H3. The Morgan fingerprint density at radius 2 is 2.28 bits per heavy atom. The molecule has 1 saturated carbocycles. The second kappa shape index (κ2) is 5.45. The van der Waals surface area contributed by atoms with E-state index in [0.717, 1.165) is 0 Å². The molecule has 1 atom stereocenters. The van der Waals surface area contributed by atoms with Crippen molar-refractivity contribution < 1.29 is 8.42 Å². The quantitative estimate of drug-likeness (QED) is 0.828. The highest BCUT2D eigenvalue weighted by molar-refractivity contribution is 9.10. The Bertz CT molecular complexity index is 546. The fourth-order valence-corrected chi connectivity index (χ4v) is 3.83. The molecule has 0 spiro atoms. The van der Waals surface area contributed by atoms with Crippen LogP contribution in [0.2, 0.25) is 5.15 Å². The molecule has 4 nitrogen and oxygen atoms in total. The average Bonchev–Trinajstić information content (AvgIpc) is 3.13. The molecule has 1 aliphatic carbocycles. The molecule has 7 heteroatoms. The van der Waals surface area contributed by atoms with Gasteiger partial charge in [0.05, 0.1) is 0 Å². The van der Waals surface area contributed by atoms with E-state index < -0.39 is 10.0 Å². The first-order valence-electron chi connectivity index (χ1n) is 5.71. The summed E-state index contributed by atoms with van der Waals surface area (Å²) in [6, 6.07) is 1.46. The fraction of sp³-hybridized carbons (Fsp3) is 0.545. The molecule has 1 heterocycles. The molecule has 0 saturated heterocycles. The predicted molar refractivity (Wildman–Crippen MR) is 74.0 cm³/mol. The van der Waals surface area contributed by atoms with E-state index >= 15 is 0 Å². The van der Waals surface area contributed by atoms with Crippen LogP contribution in [0.1, 0.15) is 19.8 Å². The summed E-state index contributed by atoms with van der Waals surface area (Å²) in [7, 11) is -3.59. The van der Waals surface area contributed by atoms with E-state index in [1.807, 2.05) is 0 Å². The summed E-state index contributed by atoms with van der Waals surface area (Å²) in [4.78, 5) is 3.83. The molecule has 1 aromatic heterocycles. The Morgan fingerprint density at radius 3 is 2.89 bits per heavy atom. The van der Waals surface area contributed by atoms with Crippen LogP contribution in [0.25, 0.3) is 0 Å². The predicted octanol–water partition coefficient (Wildman–Crippen LogP) is 2.82. The summed E-state index contributed by atoms with van der Waals surface area (Å²) >= 11 is 9.01. The molecular formula is C11H14BrClN2O2S. The lowest BCUT2D eigenvalue weighted by Gasteiger charge is -2.12. The highest BCUT2D eigenvalue weighted by Crippen LogP contribution is 2.36. The maximum Gasteiger partial charge on any atom is 0.243 e. The number of pyridine rings is 1. The molecule has 0 amide bonds. The lowest BCUT2D eigenvalue weighted by Crippen LogP contribution is -2.29. The van der Waals surface area contributed by atoms with Crippen molar-refractivity contribution >= 4 is 37.6 Å². The Morgan fingerprint density at radius 1 is 1.61 bits per heavy atom. The van der Waals surface area contributed by atoms with Gasteiger partial charge in [0.1, 0.15) is 10.0 Å². The Kier molecular flexibility index (Phi) is 4.31. The molecule has 0 bridgehead atoms. The third kappa shape index (κ3) is 3.44. The van der Waals surface area contributed by atoms with Crippen LogP contribution in [-0.4, -0.2) is 19.9 Å². The van der Waals surface area contributed by atoms with E-state index in [0.29, 0.717) is 22.9 Å². The second-order valence-electron chi connectivity index (χ2n) is 4.61. The summed E-state index contributed by atoms with van der Waals surface area (Å²) in [5.41, 5.74) is 0. The maximum absolute atomic E-state index is 12.1. The van der Waals surface area contributed by atoms with Crippen LogP contribution in [0.4, 0.5) is 0 Å². The molecule has 1 aromatic rings. The van der Waals surface area contributed by atoms with Crippen molar-refractivity contribution in [1.29, 1.82) is 0 Å². The van der Waals surface area contributed by atoms with E-state index in [1.165, 1.54) is 25.1 Å². The van der Waals surface area contributed by atoms with E-state index in [2.05, 4.69) is 32.6 Å². The van der Waals surface area contributed by atoms with E-state index in [4.69, 9.17) is 11.6 Å². The summed E-state index contributed by atoms with van der Waals surface area (Å²) in [6.07, 6.45) is 3.86. The van der Waals surface area contributed by atoms with Crippen LogP contribution in [0.3, 0.4) is 0 Å². The molecule has 1 fully saturated rings. The summed E-state index contributed by atoms with van der Waals surface area (Å²) < 4.78 is 27.4. The molecule has 0 aromatic carbocycles. The van der Waals surface area contributed by atoms with Gasteiger partial charge in [-0.05, 0) is 46.7 Å². The number of nitrogens with one attached hydrogen (secondary N) is 1. The van der Waals surface area contributed by atoms with Crippen molar-refractivity contribution in [2.45, 2.75) is 24.7 Å². The van der Waals surface area contributed by atoms with Gasteiger partial charge in [0, 0.05) is 17.2 Å². The zero-order valence-electron chi connectivity index (χ0n) is 9.86. The van der Waals surface area contributed by atoms with Crippen LogP contribution >= 0.6 is 27.5 Å². The fourth-order valence-electron chi connectivity index (χ4n) is 1.74. The Labute approximate surface area is 120 Å². The number of sulfonamides is 1. The Balaban J connectivity index is 2.11. The van der Waals surface area contributed by atoms with Crippen molar-refractivity contribution in [2.75, 3.05) is 6.54 Å². The monoisotopic (exact) mass is 352 g/mol. The van der Waals surface area contributed by atoms with Crippen molar-refractivity contribution in [3.63, 3.8) is 0 Å². The zero-order valence-corrected chi connectivity index (χ0v) is 13.0. The van der Waals surface area contributed by atoms with Crippen molar-refractivity contribution in [3.8, 4) is 0 Å². The number of halogens is 2. The summed E-state index contributed by atoms with van der Waals surface area (Å²) in [5.74, 6) is 1.02. The molecule has 0 radical (unpaired) electrons. The highest BCUT2D eigenvalue weighted by Gasteiger charge is 2.29. The average molecular weight is 354 g/mol. The highest BCUT2D eigenvalue weighted by atomic mass is 79.9. The van der Waals surface area contributed by atoms with Crippen molar-refractivity contribution in [2.24, 2.45) is 11.8 Å². The van der Waals surface area contributed by atoms with Crippen LogP contribution in [0, 0.1) is 11.8 Å². The molecule has 18 heavy (non-hydrogen) atoms. The molecular weight excluding hydrogens is 340 g/mol. The topological polar surface area (TPSA) is 59.1 Å². The second-order valence-corrected chi connectivity index (χ2v) is 7.62. The van der Waals surface area contributed by atoms with Gasteiger partial charge in [-0.1, -0.05) is 18.5 Å². The van der Waals surface area contributed by atoms with Gasteiger partial charge in [-0.25, -0.2) is 18.1 Å². The van der Waals surface area contributed by atoms with Crippen LogP contribution < -0.4 is 4.72 Å². The normalized spacial score (nSPS) is 17.7. The lowest BCUT2D eigenvalue weighted by atomic mass is 10.1. The van der Waals surface area contributed by atoms with Gasteiger partial charge >= 0.3 is 0 Å². The molecule has 0 aliphatic heterocycles. The van der Waals surface area contributed by atoms with Gasteiger partial charge in [0.15, 0.2) is 0 Å². The van der Waals surface area contributed by atoms with Gasteiger partial charge in [0.25, 0.3) is 0 Å². The minimum absolute atomic E-state index is 0.00947. The first-order chi connectivity index (χ1) is 8.40. The van der Waals surface area contributed by atoms with Gasteiger partial charge in [-0.3, -0.25) is 0 Å². The largest absolute Gasteiger partial charge is 0.243 e. The molecule has 2 rings (SSSR count). The minimum atomic E-state index is -3.59. The number of hydrogen-bond donors (Lipinski definition) is 1. The number of hydrogen-bond acceptors (Lipinski definition) is 3. The van der Waals surface area contributed by atoms with Gasteiger partial charge < -0.3 is 0 Å². The van der Waals surface area contributed by atoms with Gasteiger partial charge in [0.2, 0.25) is 10.0 Å². The van der Waals surface area contributed by atoms with E-state index in [1.54, 1.807) is 0 Å². The van der Waals surface area contributed by atoms with E-state index in [-0.39, 0.29) is 10.0 Å². The zero-order chi connectivity index (χ0) is 13.3. The molecule has 1 N–H and O–H groups in total. The first kappa shape index (κ1) is 14.2.